The van der Waals surface area contributed by atoms with Crippen molar-refractivity contribution in [1.82, 2.24) is 14.8 Å². The van der Waals surface area contributed by atoms with Gasteiger partial charge in [0.25, 0.3) is 0 Å². The molecule has 1 saturated carbocycles. The highest BCUT2D eigenvalue weighted by Crippen LogP contribution is 2.30. The Balaban J connectivity index is 1.63. The summed E-state index contributed by atoms with van der Waals surface area (Å²) in [5.41, 5.74) is 2.24. The molecule has 1 aliphatic rings. The highest BCUT2D eigenvalue weighted by atomic mass is 15.3. The van der Waals surface area contributed by atoms with E-state index in [4.69, 9.17) is 0 Å². The Labute approximate surface area is 113 Å². The smallest absolute Gasteiger partial charge is 0.138 e. The molecule has 3 rings (SSSR count). The second kappa shape index (κ2) is 5.43. The van der Waals surface area contributed by atoms with Crippen LogP contribution in [0.5, 0.6) is 0 Å². The molecule has 1 aliphatic carbocycles. The van der Waals surface area contributed by atoms with Gasteiger partial charge in [0.2, 0.25) is 0 Å². The molecule has 4 nitrogen and oxygen atoms in total. The largest absolute Gasteiger partial charge is 0.382 e. The molecule has 0 spiro atoms. The van der Waals surface area contributed by atoms with Gasteiger partial charge in [0, 0.05) is 11.7 Å². The molecule has 1 aromatic carbocycles. The third-order valence-electron chi connectivity index (χ3n) is 4.04. The predicted molar refractivity (Wildman–Crippen MR) is 76.4 cm³/mol. The predicted octanol–water partition coefficient (Wildman–Crippen LogP) is 3.26. The molecule has 19 heavy (non-hydrogen) atoms. The van der Waals surface area contributed by atoms with Crippen molar-refractivity contribution < 1.29 is 0 Å². The van der Waals surface area contributed by atoms with Gasteiger partial charge in [-0.15, -0.1) is 0 Å². The summed E-state index contributed by atoms with van der Waals surface area (Å²) in [6.07, 6.45) is 8.54. The Morgan fingerprint density at radius 2 is 2.11 bits per heavy atom. The Morgan fingerprint density at radius 3 is 2.74 bits per heavy atom. The molecule has 0 radical (unpaired) electrons. The summed E-state index contributed by atoms with van der Waals surface area (Å²) in [4.78, 5) is 3.96. The molecule has 2 aromatic rings. The van der Waals surface area contributed by atoms with E-state index in [1.807, 2.05) is 0 Å². The Morgan fingerprint density at radius 1 is 1.26 bits per heavy atom. The third-order valence-corrected chi connectivity index (χ3v) is 4.04. The third kappa shape index (κ3) is 2.78. The molecule has 0 amide bonds. The number of benzene rings is 1. The molecule has 2 atom stereocenters. The molecule has 0 saturated heterocycles. The summed E-state index contributed by atoms with van der Waals surface area (Å²) >= 11 is 0. The quantitative estimate of drug-likeness (QED) is 0.913. The molecule has 1 aromatic heterocycles. The molecule has 4 heteroatoms. The van der Waals surface area contributed by atoms with Crippen LogP contribution in [0.2, 0.25) is 0 Å². The lowest BCUT2D eigenvalue weighted by molar-refractivity contribution is 0.525. The van der Waals surface area contributed by atoms with Gasteiger partial charge in [0.15, 0.2) is 0 Å². The van der Waals surface area contributed by atoms with E-state index in [-0.39, 0.29) is 0 Å². The van der Waals surface area contributed by atoms with E-state index in [0.717, 1.165) is 11.6 Å². The first-order chi connectivity index (χ1) is 9.35. The van der Waals surface area contributed by atoms with Gasteiger partial charge in [-0.1, -0.05) is 13.3 Å². The van der Waals surface area contributed by atoms with Gasteiger partial charge in [-0.05, 0) is 49.4 Å². The molecule has 2 unspecified atom stereocenters. The summed E-state index contributed by atoms with van der Waals surface area (Å²) in [5.74, 6) is 0.909. The van der Waals surface area contributed by atoms with E-state index in [2.05, 4.69) is 46.6 Å². The first-order valence-corrected chi connectivity index (χ1v) is 7.06. The van der Waals surface area contributed by atoms with Crippen molar-refractivity contribution in [2.24, 2.45) is 5.92 Å². The van der Waals surface area contributed by atoms with Gasteiger partial charge in [-0.2, -0.15) is 5.10 Å². The second-order valence-corrected chi connectivity index (χ2v) is 5.32. The zero-order valence-corrected chi connectivity index (χ0v) is 11.3. The number of nitrogens with one attached hydrogen (secondary N) is 1. The first kappa shape index (κ1) is 12.2. The van der Waals surface area contributed by atoms with Crippen LogP contribution in [-0.4, -0.2) is 20.8 Å². The van der Waals surface area contributed by atoms with E-state index in [0.29, 0.717) is 6.04 Å². The lowest BCUT2D eigenvalue weighted by Crippen LogP contribution is -2.15. The van der Waals surface area contributed by atoms with Crippen LogP contribution in [0, 0.1) is 5.92 Å². The maximum absolute atomic E-state index is 4.13. The van der Waals surface area contributed by atoms with Crippen LogP contribution in [0.4, 0.5) is 5.69 Å². The zero-order chi connectivity index (χ0) is 13.1. The molecular formula is C15H20N4. The van der Waals surface area contributed by atoms with E-state index in [1.54, 1.807) is 17.3 Å². The average Bonchev–Trinajstić information content (AvgIpc) is 3.10. The fourth-order valence-electron chi connectivity index (χ4n) is 2.86. The lowest BCUT2D eigenvalue weighted by Gasteiger charge is -2.14. The van der Waals surface area contributed by atoms with E-state index >= 15 is 0 Å². The van der Waals surface area contributed by atoms with Crippen molar-refractivity contribution in [3.05, 3.63) is 36.9 Å². The zero-order valence-electron chi connectivity index (χ0n) is 11.3. The highest BCUT2D eigenvalue weighted by molar-refractivity contribution is 5.49. The monoisotopic (exact) mass is 256 g/mol. The minimum absolute atomic E-state index is 0.641. The fraction of sp³-hybridized carbons (Fsp3) is 0.467. The molecule has 1 fully saturated rings. The van der Waals surface area contributed by atoms with Crippen LogP contribution in [-0.2, 0) is 0 Å². The topological polar surface area (TPSA) is 42.7 Å². The van der Waals surface area contributed by atoms with Crippen LogP contribution in [0.25, 0.3) is 5.69 Å². The second-order valence-electron chi connectivity index (χ2n) is 5.32. The van der Waals surface area contributed by atoms with Crippen molar-refractivity contribution in [2.45, 2.75) is 38.6 Å². The molecular weight excluding hydrogens is 236 g/mol. The molecule has 1 N–H and O–H groups in total. The molecule has 1 heterocycles. The summed E-state index contributed by atoms with van der Waals surface area (Å²) < 4.78 is 1.77. The minimum Gasteiger partial charge on any atom is -0.382 e. The highest BCUT2D eigenvalue weighted by Gasteiger charge is 2.22. The van der Waals surface area contributed by atoms with Crippen LogP contribution in [0.1, 0.15) is 32.6 Å². The lowest BCUT2D eigenvalue weighted by atomic mass is 10.1. The number of nitrogens with zero attached hydrogens (tertiary/aromatic N) is 3. The molecule has 0 aliphatic heterocycles. The van der Waals surface area contributed by atoms with E-state index < -0.39 is 0 Å². The standard InChI is InChI=1S/C15H20N4/c1-2-12-3-4-14(9-12)18-13-5-7-15(8-6-13)19-11-16-10-17-19/h5-8,10-12,14,18H,2-4,9H2,1H3. The van der Waals surface area contributed by atoms with Gasteiger partial charge in [0.05, 0.1) is 5.69 Å². The van der Waals surface area contributed by atoms with Crippen LogP contribution < -0.4 is 5.32 Å². The van der Waals surface area contributed by atoms with Gasteiger partial charge in [0.1, 0.15) is 12.7 Å². The number of rotatable bonds is 4. The fourth-order valence-corrected chi connectivity index (χ4v) is 2.86. The van der Waals surface area contributed by atoms with Crippen LogP contribution in [0.3, 0.4) is 0 Å². The van der Waals surface area contributed by atoms with Crippen LogP contribution in [0.15, 0.2) is 36.9 Å². The van der Waals surface area contributed by atoms with E-state index in [9.17, 15) is 0 Å². The van der Waals surface area contributed by atoms with Crippen molar-refractivity contribution in [2.75, 3.05) is 5.32 Å². The number of hydrogen-bond acceptors (Lipinski definition) is 3. The van der Waals surface area contributed by atoms with Gasteiger partial charge < -0.3 is 5.32 Å². The first-order valence-electron chi connectivity index (χ1n) is 7.06. The van der Waals surface area contributed by atoms with E-state index in [1.165, 1.54) is 31.4 Å². The van der Waals surface area contributed by atoms with Gasteiger partial charge in [-0.25, -0.2) is 9.67 Å². The van der Waals surface area contributed by atoms with Gasteiger partial charge in [-0.3, -0.25) is 0 Å². The summed E-state index contributed by atoms with van der Waals surface area (Å²) in [5, 5.41) is 7.76. The Bertz CT molecular complexity index is 503. The Hall–Kier alpha value is -1.84. The molecule has 100 valence electrons. The maximum atomic E-state index is 4.13. The average molecular weight is 256 g/mol. The molecule has 0 bridgehead atoms. The summed E-state index contributed by atoms with van der Waals surface area (Å²) in [6, 6.07) is 9.03. The normalized spacial score (nSPS) is 22.6. The SMILES string of the molecule is CCC1CCC(Nc2ccc(-n3cncn3)cc2)C1. The van der Waals surface area contributed by atoms with Crippen molar-refractivity contribution >= 4 is 5.69 Å². The van der Waals surface area contributed by atoms with Crippen molar-refractivity contribution in [1.29, 1.82) is 0 Å². The minimum atomic E-state index is 0.641. The number of aromatic nitrogens is 3. The Kier molecular flexibility index (Phi) is 3.49. The maximum Gasteiger partial charge on any atom is 0.138 e. The summed E-state index contributed by atoms with van der Waals surface area (Å²) in [6.45, 7) is 2.29. The number of hydrogen-bond donors (Lipinski definition) is 1. The number of anilines is 1. The van der Waals surface area contributed by atoms with Crippen LogP contribution >= 0.6 is 0 Å². The van der Waals surface area contributed by atoms with Gasteiger partial charge >= 0.3 is 0 Å². The van der Waals surface area contributed by atoms with Crippen molar-refractivity contribution in [3.8, 4) is 5.69 Å². The van der Waals surface area contributed by atoms with Crippen molar-refractivity contribution in [3.63, 3.8) is 0 Å². The summed E-state index contributed by atoms with van der Waals surface area (Å²) in [7, 11) is 0.